The van der Waals surface area contributed by atoms with E-state index in [0.717, 1.165) is 16.6 Å². The van der Waals surface area contributed by atoms with Crippen LogP contribution in [-0.2, 0) is 17.7 Å². The van der Waals surface area contributed by atoms with Gasteiger partial charge in [0.15, 0.2) is 0 Å². The first-order valence-electron chi connectivity index (χ1n) is 11.5. The number of hydrogen-bond donors (Lipinski definition) is 0. The van der Waals surface area contributed by atoms with Crippen molar-refractivity contribution in [3.63, 3.8) is 0 Å². The Morgan fingerprint density at radius 1 is 0.943 bits per heavy atom. The molecule has 2 aromatic carbocycles. The van der Waals surface area contributed by atoms with Crippen LogP contribution in [0.5, 0.6) is 0 Å². The van der Waals surface area contributed by atoms with Crippen molar-refractivity contribution in [2.24, 2.45) is 0 Å². The molecule has 0 atom stereocenters. The zero-order valence-electron chi connectivity index (χ0n) is 19.9. The molecule has 0 aliphatic heterocycles. The highest BCUT2D eigenvalue weighted by atomic mass is 16.6. The SMILES string of the molecule is CC(C)(C)OC(=O)n1cccc1-c1cccc2cnn(CCc3ccc4ccccc4n3)c(=O)c12. The number of benzene rings is 2. The lowest BCUT2D eigenvalue weighted by Crippen LogP contribution is -2.27. The Hall–Kier alpha value is -4.26. The monoisotopic (exact) mass is 466 g/mol. The van der Waals surface area contributed by atoms with Crippen molar-refractivity contribution in [1.29, 1.82) is 0 Å². The van der Waals surface area contributed by atoms with E-state index in [1.165, 1.54) is 9.25 Å². The summed E-state index contributed by atoms with van der Waals surface area (Å²) in [6.07, 6.45) is 3.41. The molecule has 0 radical (unpaired) electrons. The van der Waals surface area contributed by atoms with Gasteiger partial charge in [-0.25, -0.2) is 9.48 Å². The van der Waals surface area contributed by atoms with Crippen molar-refractivity contribution < 1.29 is 9.53 Å². The van der Waals surface area contributed by atoms with Gasteiger partial charge in [-0.15, -0.1) is 0 Å². The molecule has 0 aliphatic rings. The number of carbonyl (C=O) groups is 1. The van der Waals surface area contributed by atoms with E-state index in [-0.39, 0.29) is 5.56 Å². The van der Waals surface area contributed by atoms with Crippen LogP contribution in [0.3, 0.4) is 0 Å². The molecule has 7 heteroatoms. The first-order chi connectivity index (χ1) is 16.8. The van der Waals surface area contributed by atoms with Crippen molar-refractivity contribution in [3.05, 3.63) is 95.2 Å². The first kappa shape index (κ1) is 22.5. The van der Waals surface area contributed by atoms with Crippen LogP contribution < -0.4 is 5.56 Å². The predicted molar refractivity (Wildman–Crippen MR) is 137 cm³/mol. The van der Waals surface area contributed by atoms with Gasteiger partial charge < -0.3 is 4.74 Å². The van der Waals surface area contributed by atoms with Gasteiger partial charge in [-0.1, -0.05) is 42.5 Å². The summed E-state index contributed by atoms with van der Waals surface area (Å²) in [6.45, 7) is 5.85. The summed E-state index contributed by atoms with van der Waals surface area (Å²) in [5.41, 5.74) is 2.22. The van der Waals surface area contributed by atoms with Crippen molar-refractivity contribution in [1.82, 2.24) is 19.3 Å². The number of nitrogens with zero attached hydrogens (tertiary/aromatic N) is 4. The van der Waals surface area contributed by atoms with Crippen LogP contribution in [0.1, 0.15) is 26.5 Å². The minimum absolute atomic E-state index is 0.212. The Morgan fingerprint density at radius 2 is 1.74 bits per heavy atom. The molecule has 0 fully saturated rings. The molecule has 5 rings (SSSR count). The fraction of sp³-hybridized carbons (Fsp3) is 0.214. The van der Waals surface area contributed by atoms with E-state index in [4.69, 9.17) is 9.72 Å². The second-order valence-corrected chi connectivity index (χ2v) is 9.43. The van der Waals surface area contributed by atoms with E-state index in [9.17, 15) is 9.59 Å². The van der Waals surface area contributed by atoms with Crippen LogP contribution in [0.2, 0.25) is 0 Å². The number of ether oxygens (including phenoxy) is 1. The molecule has 0 spiro atoms. The summed E-state index contributed by atoms with van der Waals surface area (Å²) < 4.78 is 8.45. The Labute approximate surface area is 202 Å². The van der Waals surface area contributed by atoms with E-state index in [1.807, 2.05) is 81.4 Å². The number of aryl methyl sites for hydroxylation is 2. The van der Waals surface area contributed by atoms with Gasteiger partial charge >= 0.3 is 6.09 Å². The zero-order chi connectivity index (χ0) is 24.6. The van der Waals surface area contributed by atoms with Gasteiger partial charge in [-0.05, 0) is 45.0 Å². The summed E-state index contributed by atoms with van der Waals surface area (Å²) in [5.74, 6) is 0. The third-order valence-electron chi connectivity index (χ3n) is 5.73. The molecule has 0 aliphatic carbocycles. The average molecular weight is 467 g/mol. The second kappa shape index (κ2) is 8.83. The fourth-order valence-electron chi connectivity index (χ4n) is 4.14. The minimum Gasteiger partial charge on any atom is -0.443 e. The largest absolute Gasteiger partial charge is 0.443 e. The quantitative estimate of drug-likeness (QED) is 0.352. The zero-order valence-corrected chi connectivity index (χ0v) is 19.9. The number of fused-ring (bicyclic) bond motifs is 2. The van der Waals surface area contributed by atoms with Crippen molar-refractivity contribution in [3.8, 4) is 11.3 Å². The molecule has 3 aromatic heterocycles. The van der Waals surface area contributed by atoms with Crippen molar-refractivity contribution in [2.45, 2.75) is 39.3 Å². The maximum Gasteiger partial charge on any atom is 0.418 e. The van der Waals surface area contributed by atoms with Gasteiger partial charge in [-0.2, -0.15) is 5.10 Å². The normalized spacial score (nSPS) is 11.7. The molecule has 5 aromatic rings. The lowest BCUT2D eigenvalue weighted by atomic mass is 10.0. The third-order valence-corrected chi connectivity index (χ3v) is 5.73. The van der Waals surface area contributed by atoms with Gasteiger partial charge in [0.1, 0.15) is 5.60 Å². The van der Waals surface area contributed by atoms with Crippen LogP contribution in [-0.4, -0.2) is 31.0 Å². The Bertz CT molecular complexity index is 1610. The molecule has 35 heavy (non-hydrogen) atoms. The molecule has 0 saturated heterocycles. The second-order valence-electron chi connectivity index (χ2n) is 9.43. The van der Waals surface area contributed by atoms with Crippen molar-refractivity contribution >= 4 is 27.8 Å². The highest BCUT2D eigenvalue weighted by molar-refractivity contribution is 5.96. The van der Waals surface area contributed by atoms with E-state index in [2.05, 4.69) is 5.10 Å². The molecule has 0 saturated carbocycles. The Balaban J connectivity index is 1.51. The molecule has 0 N–H and O–H groups in total. The summed E-state index contributed by atoms with van der Waals surface area (Å²) in [7, 11) is 0. The molecule has 0 unspecified atom stereocenters. The number of aromatic nitrogens is 4. The first-order valence-corrected chi connectivity index (χ1v) is 11.5. The highest BCUT2D eigenvalue weighted by Crippen LogP contribution is 2.27. The maximum absolute atomic E-state index is 13.5. The van der Waals surface area contributed by atoms with Gasteiger partial charge in [-0.3, -0.25) is 14.3 Å². The maximum atomic E-state index is 13.5. The third kappa shape index (κ3) is 4.57. The highest BCUT2D eigenvalue weighted by Gasteiger charge is 2.21. The average Bonchev–Trinajstić information content (AvgIpc) is 3.32. The van der Waals surface area contributed by atoms with E-state index >= 15 is 0 Å². The Kier molecular flexibility index (Phi) is 5.68. The van der Waals surface area contributed by atoms with Crippen LogP contribution in [0, 0.1) is 0 Å². The molecule has 176 valence electrons. The minimum atomic E-state index is -0.634. The summed E-state index contributed by atoms with van der Waals surface area (Å²) in [5, 5.41) is 6.69. The number of pyridine rings is 1. The molecule has 0 amide bonds. The van der Waals surface area contributed by atoms with E-state index in [1.54, 1.807) is 18.5 Å². The smallest absolute Gasteiger partial charge is 0.418 e. The lowest BCUT2D eigenvalue weighted by Gasteiger charge is -2.20. The number of carbonyl (C=O) groups excluding carboxylic acids is 1. The topological polar surface area (TPSA) is 79.0 Å². The van der Waals surface area contributed by atoms with Crippen LogP contribution in [0.25, 0.3) is 32.9 Å². The van der Waals surface area contributed by atoms with Crippen molar-refractivity contribution in [2.75, 3.05) is 0 Å². The number of hydrogen-bond acceptors (Lipinski definition) is 5. The van der Waals surface area contributed by atoms with Crippen LogP contribution >= 0.6 is 0 Å². The fourth-order valence-corrected chi connectivity index (χ4v) is 4.14. The number of rotatable bonds is 4. The lowest BCUT2D eigenvalue weighted by molar-refractivity contribution is 0.0540. The summed E-state index contributed by atoms with van der Waals surface area (Å²) in [6, 6.07) is 21.1. The standard InChI is InChI=1S/C28H26N4O3/c1-28(2,3)35-27(34)31-16-7-12-24(31)22-10-6-9-20-18-29-32(26(33)25(20)22)17-15-21-14-13-19-8-4-5-11-23(19)30-21/h4-14,16,18H,15,17H2,1-3H3. The summed E-state index contributed by atoms with van der Waals surface area (Å²) >= 11 is 0. The van der Waals surface area contributed by atoms with Crippen LogP contribution in [0.4, 0.5) is 4.79 Å². The molecule has 0 bridgehead atoms. The molecule has 3 heterocycles. The Morgan fingerprint density at radius 3 is 2.57 bits per heavy atom. The predicted octanol–water partition coefficient (Wildman–Crippen LogP) is 5.44. The van der Waals surface area contributed by atoms with Crippen LogP contribution in [0.15, 0.2) is 83.9 Å². The van der Waals surface area contributed by atoms with Gasteiger partial charge in [0.25, 0.3) is 5.56 Å². The van der Waals surface area contributed by atoms with Gasteiger partial charge in [0, 0.05) is 34.6 Å². The van der Waals surface area contributed by atoms with E-state index in [0.29, 0.717) is 35.0 Å². The molecule has 7 nitrogen and oxygen atoms in total. The molecular formula is C28H26N4O3. The van der Waals surface area contributed by atoms with Gasteiger partial charge in [0.2, 0.25) is 0 Å². The number of para-hydroxylation sites is 1. The summed E-state index contributed by atoms with van der Waals surface area (Å²) in [4.78, 5) is 31.0. The van der Waals surface area contributed by atoms with E-state index < -0.39 is 11.7 Å². The van der Waals surface area contributed by atoms with Gasteiger partial charge in [0.05, 0.1) is 29.3 Å². The molecular weight excluding hydrogens is 440 g/mol.